The minimum absolute atomic E-state index is 0.0197. The minimum atomic E-state index is -0.752. The molecular weight excluding hydrogens is 236 g/mol. The van der Waals surface area contributed by atoms with Gasteiger partial charge >= 0.3 is 0 Å². The van der Waals surface area contributed by atoms with Crippen molar-refractivity contribution >= 4 is 5.78 Å². The van der Waals surface area contributed by atoms with Crippen LogP contribution >= 0.6 is 0 Å². The lowest BCUT2D eigenvalue weighted by Gasteiger charge is -2.36. The number of ether oxygens (including phenoxy) is 4. The van der Waals surface area contributed by atoms with Crippen molar-refractivity contribution in [3.05, 3.63) is 29.8 Å². The van der Waals surface area contributed by atoms with E-state index in [2.05, 4.69) is 0 Å². The van der Waals surface area contributed by atoms with Crippen molar-refractivity contribution in [2.75, 3.05) is 33.4 Å². The fourth-order valence-corrected chi connectivity index (χ4v) is 2.23. The van der Waals surface area contributed by atoms with Crippen molar-refractivity contribution < 1.29 is 23.7 Å². The lowest BCUT2D eigenvalue weighted by atomic mass is 9.80. The quantitative estimate of drug-likeness (QED) is 0.693. The summed E-state index contributed by atoms with van der Waals surface area (Å²) in [5.41, 5.74) is -0.157. The van der Waals surface area contributed by atoms with Crippen molar-refractivity contribution in [1.82, 2.24) is 0 Å². The second-order valence-electron chi connectivity index (χ2n) is 4.53. The number of para-hydroxylation sites is 1. The summed E-state index contributed by atoms with van der Waals surface area (Å²) in [7, 11) is 0. The van der Waals surface area contributed by atoms with Crippen LogP contribution in [0.1, 0.15) is 10.4 Å². The summed E-state index contributed by atoms with van der Waals surface area (Å²) in [5.74, 6) is 0.651. The van der Waals surface area contributed by atoms with Crippen molar-refractivity contribution in [1.29, 1.82) is 0 Å². The molecule has 0 amide bonds. The smallest absolute Gasteiger partial charge is 0.180 e. The van der Waals surface area contributed by atoms with Crippen molar-refractivity contribution in [3.63, 3.8) is 0 Å². The topological polar surface area (TPSA) is 54.0 Å². The van der Waals surface area contributed by atoms with E-state index in [0.29, 0.717) is 11.3 Å². The monoisotopic (exact) mass is 250 g/mol. The predicted octanol–water partition coefficient (Wildman–Crippen LogP) is 1.23. The SMILES string of the molecule is O=C1c2ccccc2OCC12COCOCOC2. The summed E-state index contributed by atoms with van der Waals surface area (Å²) in [6.07, 6.45) is 0. The Morgan fingerprint density at radius 3 is 2.44 bits per heavy atom. The zero-order chi connectivity index (χ0) is 12.4. The van der Waals surface area contributed by atoms with Gasteiger partial charge in [0.2, 0.25) is 0 Å². The maximum absolute atomic E-state index is 12.6. The summed E-state index contributed by atoms with van der Waals surface area (Å²) >= 11 is 0. The molecule has 1 spiro atoms. The van der Waals surface area contributed by atoms with Crippen LogP contribution in [0.5, 0.6) is 5.75 Å². The third kappa shape index (κ3) is 1.90. The number of benzene rings is 1. The van der Waals surface area contributed by atoms with Gasteiger partial charge in [0, 0.05) is 0 Å². The van der Waals surface area contributed by atoms with Crippen molar-refractivity contribution in [2.45, 2.75) is 0 Å². The van der Waals surface area contributed by atoms with Gasteiger partial charge in [-0.25, -0.2) is 0 Å². The Hall–Kier alpha value is -1.43. The predicted molar refractivity (Wildman–Crippen MR) is 61.4 cm³/mol. The Kier molecular flexibility index (Phi) is 3.03. The van der Waals surface area contributed by atoms with E-state index in [1.807, 2.05) is 12.1 Å². The normalized spacial score (nSPS) is 22.8. The fourth-order valence-electron chi connectivity index (χ4n) is 2.23. The molecule has 3 rings (SSSR count). The first-order valence-electron chi connectivity index (χ1n) is 5.82. The summed E-state index contributed by atoms with van der Waals surface area (Å²) in [6.45, 7) is 1.05. The molecule has 0 bridgehead atoms. The number of rotatable bonds is 0. The maximum Gasteiger partial charge on any atom is 0.180 e. The molecule has 5 heteroatoms. The number of hydrogen-bond donors (Lipinski definition) is 0. The first-order chi connectivity index (χ1) is 8.82. The third-order valence-corrected chi connectivity index (χ3v) is 3.21. The standard InChI is InChI=1S/C13H14O5/c14-12-10-3-1-2-4-11(10)18-7-13(12)5-15-8-17-9-16-6-13/h1-4H,5-9H2. The molecule has 2 aliphatic heterocycles. The van der Waals surface area contributed by atoms with E-state index in [-0.39, 0.29) is 39.2 Å². The second kappa shape index (κ2) is 4.68. The van der Waals surface area contributed by atoms with Gasteiger partial charge in [0.25, 0.3) is 0 Å². The summed E-state index contributed by atoms with van der Waals surface area (Å²) in [4.78, 5) is 12.6. The Bertz CT molecular complexity index is 448. The lowest BCUT2D eigenvalue weighted by Crippen LogP contribution is -2.49. The zero-order valence-electron chi connectivity index (χ0n) is 9.89. The average Bonchev–Trinajstić information content (AvgIpc) is 2.38. The first-order valence-corrected chi connectivity index (χ1v) is 5.82. The van der Waals surface area contributed by atoms with E-state index in [1.165, 1.54) is 0 Å². The Balaban J connectivity index is 1.92. The van der Waals surface area contributed by atoms with Crippen LogP contribution in [0.4, 0.5) is 0 Å². The highest BCUT2D eigenvalue weighted by Gasteiger charge is 2.45. The molecule has 18 heavy (non-hydrogen) atoms. The zero-order valence-corrected chi connectivity index (χ0v) is 9.89. The highest BCUT2D eigenvalue weighted by atomic mass is 16.7. The van der Waals surface area contributed by atoms with Crippen LogP contribution in [-0.4, -0.2) is 39.2 Å². The first kappa shape index (κ1) is 11.6. The Labute approximate surface area is 105 Å². The molecule has 96 valence electrons. The molecule has 0 aromatic heterocycles. The molecular formula is C13H14O5. The van der Waals surface area contributed by atoms with Crippen LogP contribution in [-0.2, 0) is 14.2 Å². The molecule has 0 atom stereocenters. The van der Waals surface area contributed by atoms with E-state index >= 15 is 0 Å². The number of fused-ring (bicyclic) bond motifs is 1. The van der Waals surface area contributed by atoms with Crippen LogP contribution in [0.2, 0.25) is 0 Å². The van der Waals surface area contributed by atoms with Crippen molar-refractivity contribution in [3.8, 4) is 5.75 Å². The lowest BCUT2D eigenvalue weighted by molar-refractivity contribution is -0.186. The molecule has 0 radical (unpaired) electrons. The highest BCUT2D eigenvalue weighted by Crippen LogP contribution is 2.35. The van der Waals surface area contributed by atoms with E-state index in [4.69, 9.17) is 18.9 Å². The van der Waals surface area contributed by atoms with Gasteiger partial charge in [-0.3, -0.25) is 4.79 Å². The molecule has 2 aliphatic rings. The number of hydrogen-bond acceptors (Lipinski definition) is 5. The minimum Gasteiger partial charge on any atom is -0.492 e. The van der Waals surface area contributed by atoms with Gasteiger partial charge in [0.1, 0.15) is 31.4 Å². The summed E-state index contributed by atoms with van der Waals surface area (Å²) in [5, 5.41) is 0. The fraction of sp³-hybridized carbons (Fsp3) is 0.462. The van der Waals surface area contributed by atoms with Crippen LogP contribution in [0.15, 0.2) is 24.3 Å². The molecule has 1 aromatic carbocycles. The largest absolute Gasteiger partial charge is 0.492 e. The number of ketones is 1. The third-order valence-electron chi connectivity index (χ3n) is 3.21. The molecule has 1 aromatic rings. The summed E-state index contributed by atoms with van der Waals surface area (Å²) < 4.78 is 21.4. The molecule has 1 fully saturated rings. The van der Waals surface area contributed by atoms with Gasteiger partial charge in [-0.2, -0.15) is 0 Å². The van der Waals surface area contributed by atoms with Gasteiger partial charge in [0.15, 0.2) is 5.78 Å². The van der Waals surface area contributed by atoms with Gasteiger partial charge in [-0.05, 0) is 12.1 Å². The van der Waals surface area contributed by atoms with E-state index in [0.717, 1.165) is 0 Å². The van der Waals surface area contributed by atoms with Gasteiger partial charge in [-0.1, -0.05) is 12.1 Å². The number of carbonyl (C=O) groups is 1. The number of carbonyl (C=O) groups excluding carboxylic acids is 1. The van der Waals surface area contributed by atoms with Crippen molar-refractivity contribution in [2.24, 2.45) is 5.41 Å². The average molecular weight is 250 g/mol. The summed E-state index contributed by atoms with van der Waals surface area (Å²) in [6, 6.07) is 7.25. The molecule has 5 nitrogen and oxygen atoms in total. The molecule has 0 unspecified atom stereocenters. The Morgan fingerprint density at radius 1 is 0.944 bits per heavy atom. The highest BCUT2D eigenvalue weighted by molar-refractivity contribution is 6.04. The van der Waals surface area contributed by atoms with E-state index < -0.39 is 5.41 Å². The van der Waals surface area contributed by atoms with Crippen LogP contribution in [0.3, 0.4) is 0 Å². The second-order valence-corrected chi connectivity index (χ2v) is 4.53. The molecule has 0 saturated carbocycles. The maximum atomic E-state index is 12.6. The molecule has 1 saturated heterocycles. The Morgan fingerprint density at radius 2 is 1.67 bits per heavy atom. The van der Waals surface area contributed by atoms with Gasteiger partial charge in [0.05, 0.1) is 18.8 Å². The van der Waals surface area contributed by atoms with Crippen LogP contribution in [0.25, 0.3) is 0 Å². The van der Waals surface area contributed by atoms with Crippen LogP contribution in [0, 0.1) is 5.41 Å². The van der Waals surface area contributed by atoms with E-state index in [9.17, 15) is 4.79 Å². The van der Waals surface area contributed by atoms with Gasteiger partial charge in [-0.15, -0.1) is 0 Å². The van der Waals surface area contributed by atoms with Gasteiger partial charge < -0.3 is 18.9 Å². The molecule has 2 heterocycles. The molecule has 0 aliphatic carbocycles. The van der Waals surface area contributed by atoms with Crippen LogP contribution < -0.4 is 4.74 Å². The molecule has 0 N–H and O–H groups in total. The van der Waals surface area contributed by atoms with E-state index in [1.54, 1.807) is 12.1 Å². The number of Topliss-reactive ketones (excluding diaryl/α,β-unsaturated/α-hetero) is 1.